The van der Waals surface area contributed by atoms with Crippen LogP contribution < -0.4 is 10.6 Å². The van der Waals surface area contributed by atoms with Gasteiger partial charge in [-0.05, 0) is 41.3 Å². The standard InChI is InChI=1S/C20H23ClN2O2/c1-13(2)19(15-6-8-16(21)9-7-15)20(25)23-17-10-4-14(5-11-17)12-18(24)22-3/h4-11,13,19H,12H2,1-3H3,(H,22,24)(H,23,25)/t19-/m1/s1. The van der Waals surface area contributed by atoms with Crippen molar-refractivity contribution in [3.05, 3.63) is 64.7 Å². The molecule has 0 aliphatic carbocycles. The van der Waals surface area contributed by atoms with E-state index in [-0.39, 0.29) is 23.7 Å². The molecule has 2 aromatic rings. The molecule has 2 N–H and O–H groups in total. The first-order valence-electron chi connectivity index (χ1n) is 8.26. The fourth-order valence-electron chi connectivity index (χ4n) is 2.71. The fraction of sp³-hybridized carbons (Fsp3) is 0.300. The van der Waals surface area contributed by atoms with E-state index in [1.165, 1.54) is 0 Å². The molecule has 5 heteroatoms. The van der Waals surface area contributed by atoms with Crippen LogP contribution >= 0.6 is 11.6 Å². The molecule has 0 fully saturated rings. The van der Waals surface area contributed by atoms with Crippen LogP contribution in [-0.2, 0) is 16.0 Å². The maximum absolute atomic E-state index is 12.7. The maximum Gasteiger partial charge on any atom is 0.232 e. The highest BCUT2D eigenvalue weighted by molar-refractivity contribution is 6.30. The van der Waals surface area contributed by atoms with Crippen molar-refractivity contribution in [3.8, 4) is 0 Å². The third kappa shape index (κ3) is 5.33. The van der Waals surface area contributed by atoms with Gasteiger partial charge in [0.15, 0.2) is 0 Å². The highest BCUT2D eigenvalue weighted by Crippen LogP contribution is 2.27. The van der Waals surface area contributed by atoms with E-state index >= 15 is 0 Å². The molecule has 2 aromatic carbocycles. The van der Waals surface area contributed by atoms with Crippen molar-refractivity contribution in [2.24, 2.45) is 5.92 Å². The average molecular weight is 359 g/mol. The van der Waals surface area contributed by atoms with Gasteiger partial charge in [0, 0.05) is 17.8 Å². The van der Waals surface area contributed by atoms with Crippen LogP contribution in [0.4, 0.5) is 5.69 Å². The quantitative estimate of drug-likeness (QED) is 0.819. The second kappa shape index (κ2) is 8.67. The third-order valence-electron chi connectivity index (χ3n) is 4.04. The Bertz CT molecular complexity index is 724. The van der Waals surface area contributed by atoms with Gasteiger partial charge in [0.25, 0.3) is 0 Å². The largest absolute Gasteiger partial charge is 0.359 e. The number of benzene rings is 2. The Labute approximate surface area is 153 Å². The Morgan fingerprint density at radius 3 is 2.12 bits per heavy atom. The van der Waals surface area contributed by atoms with Crippen molar-refractivity contribution in [2.45, 2.75) is 26.2 Å². The summed E-state index contributed by atoms with van der Waals surface area (Å²) in [5.74, 6) is -0.215. The molecule has 4 nitrogen and oxygen atoms in total. The van der Waals surface area contributed by atoms with Crippen LogP contribution in [0.3, 0.4) is 0 Å². The SMILES string of the molecule is CNC(=O)Cc1ccc(NC(=O)[C@@H](c2ccc(Cl)cc2)C(C)C)cc1. The molecular weight excluding hydrogens is 336 g/mol. The van der Waals surface area contributed by atoms with Gasteiger partial charge in [-0.3, -0.25) is 9.59 Å². The number of hydrogen-bond acceptors (Lipinski definition) is 2. The van der Waals surface area contributed by atoms with Crippen LogP contribution in [0.15, 0.2) is 48.5 Å². The smallest absolute Gasteiger partial charge is 0.232 e. The van der Waals surface area contributed by atoms with Crippen LogP contribution in [0.1, 0.15) is 30.9 Å². The summed E-state index contributed by atoms with van der Waals surface area (Å²) in [6.07, 6.45) is 0.324. The van der Waals surface area contributed by atoms with E-state index in [1.807, 2.05) is 50.2 Å². The first kappa shape index (κ1) is 19.0. The predicted octanol–water partition coefficient (Wildman–Crippen LogP) is 4.01. The number of amides is 2. The van der Waals surface area contributed by atoms with E-state index in [2.05, 4.69) is 10.6 Å². The van der Waals surface area contributed by atoms with E-state index in [0.29, 0.717) is 17.1 Å². The Hall–Kier alpha value is -2.33. The molecule has 0 saturated heterocycles. The molecule has 0 radical (unpaired) electrons. The minimum absolute atomic E-state index is 0.0422. The summed E-state index contributed by atoms with van der Waals surface area (Å²) < 4.78 is 0. The Morgan fingerprint density at radius 1 is 1.00 bits per heavy atom. The molecule has 0 aromatic heterocycles. The summed E-state index contributed by atoms with van der Waals surface area (Å²) in [7, 11) is 1.61. The van der Waals surface area contributed by atoms with Gasteiger partial charge >= 0.3 is 0 Å². The first-order valence-corrected chi connectivity index (χ1v) is 8.64. The monoisotopic (exact) mass is 358 g/mol. The number of anilines is 1. The zero-order valence-electron chi connectivity index (χ0n) is 14.7. The highest BCUT2D eigenvalue weighted by atomic mass is 35.5. The number of carbonyl (C=O) groups is 2. The van der Waals surface area contributed by atoms with Crippen LogP contribution in [0, 0.1) is 5.92 Å². The van der Waals surface area contributed by atoms with Crippen molar-refractivity contribution in [2.75, 3.05) is 12.4 Å². The molecule has 0 saturated carbocycles. The lowest BCUT2D eigenvalue weighted by molar-refractivity contribution is -0.120. The van der Waals surface area contributed by atoms with Crippen LogP contribution in [0.25, 0.3) is 0 Å². The summed E-state index contributed by atoms with van der Waals surface area (Å²) in [4.78, 5) is 24.1. The summed E-state index contributed by atoms with van der Waals surface area (Å²) in [6, 6.07) is 14.7. The minimum atomic E-state index is -0.261. The zero-order valence-corrected chi connectivity index (χ0v) is 15.4. The fourth-order valence-corrected chi connectivity index (χ4v) is 2.83. The van der Waals surface area contributed by atoms with Gasteiger partial charge in [0.05, 0.1) is 12.3 Å². The minimum Gasteiger partial charge on any atom is -0.359 e. The molecule has 25 heavy (non-hydrogen) atoms. The van der Waals surface area contributed by atoms with Crippen molar-refractivity contribution >= 4 is 29.1 Å². The van der Waals surface area contributed by atoms with Crippen molar-refractivity contribution < 1.29 is 9.59 Å². The van der Waals surface area contributed by atoms with Crippen LogP contribution in [0.5, 0.6) is 0 Å². The summed E-state index contributed by atoms with van der Waals surface area (Å²) >= 11 is 5.94. The lowest BCUT2D eigenvalue weighted by atomic mass is 9.87. The second-order valence-electron chi connectivity index (χ2n) is 6.31. The number of hydrogen-bond donors (Lipinski definition) is 2. The maximum atomic E-state index is 12.7. The molecule has 0 heterocycles. The Balaban J connectivity index is 2.10. The lowest BCUT2D eigenvalue weighted by Gasteiger charge is -2.21. The van der Waals surface area contributed by atoms with E-state index in [0.717, 1.165) is 11.1 Å². The van der Waals surface area contributed by atoms with E-state index in [1.54, 1.807) is 19.2 Å². The number of likely N-dealkylation sites (N-methyl/N-ethyl adjacent to an activating group) is 1. The molecular formula is C20H23ClN2O2. The van der Waals surface area contributed by atoms with Crippen LogP contribution in [0.2, 0.25) is 5.02 Å². The summed E-state index contributed by atoms with van der Waals surface area (Å²) in [6.45, 7) is 4.04. The zero-order chi connectivity index (χ0) is 18.4. The van der Waals surface area contributed by atoms with Gasteiger partial charge in [0.1, 0.15) is 0 Å². The van der Waals surface area contributed by atoms with E-state index in [4.69, 9.17) is 11.6 Å². The normalized spacial score (nSPS) is 11.9. The Morgan fingerprint density at radius 2 is 1.60 bits per heavy atom. The third-order valence-corrected chi connectivity index (χ3v) is 4.30. The molecule has 2 amide bonds. The molecule has 2 rings (SSSR count). The van der Waals surface area contributed by atoms with E-state index < -0.39 is 0 Å². The topological polar surface area (TPSA) is 58.2 Å². The van der Waals surface area contributed by atoms with Crippen molar-refractivity contribution in [1.82, 2.24) is 5.32 Å². The molecule has 1 atom stereocenters. The molecule has 132 valence electrons. The number of nitrogens with one attached hydrogen (secondary N) is 2. The van der Waals surface area contributed by atoms with Crippen molar-refractivity contribution in [1.29, 1.82) is 0 Å². The van der Waals surface area contributed by atoms with Gasteiger partial charge in [-0.25, -0.2) is 0 Å². The summed E-state index contributed by atoms with van der Waals surface area (Å²) in [5, 5.41) is 6.20. The first-order chi connectivity index (χ1) is 11.9. The van der Waals surface area contributed by atoms with Crippen LogP contribution in [-0.4, -0.2) is 18.9 Å². The predicted molar refractivity (Wildman–Crippen MR) is 102 cm³/mol. The molecule has 0 unspecified atom stereocenters. The average Bonchev–Trinajstić information content (AvgIpc) is 2.58. The van der Waals surface area contributed by atoms with Crippen molar-refractivity contribution in [3.63, 3.8) is 0 Å². The van der Waals surface area contributed by atoms with Gasteiger partial charge in [-0.1, -0.05) is 49.7 Å². The number of rotatable bonds is 6. The molecule has 0 aliphatic heterocycles. The van der Waals surface area contributed by atoms with E-state index in [9.17, 15) is 9.59 Å². The number of halogens is 1. The second-order valence-corrected chi connectivity index (χ2v) is 6.75. The van der Waals surface area contributed by atoms with Gasteiger partial charge in [-0.2, -0.15) is 0 Å². The molecule has 0 spiro atoms. The number of carbonyl (C=O) groups excluding carboxylic acids is 2. The molecule has 0 aliphatic rings. The molecule has 0 bridgehead atoms. The van der Waals surface area contributed by atoms with Gasteiger partial charge in [-0.15, -0.1) is 0 Å². The summed E-state index contributed by atoms with van der Waals surface area (Å²) in [5.41, 5.74) is 2.55. The highest BCUT2D eigenvalue weighted by Gasteiger charge is 2.24. The van der Waals surface area contributed by atoms with Gasteiger partial charge < -0.3 is 10.6 Å². The van der Waals surface area contributed by atoms with Gasteiger partial charge in [0.2, 0.25) is 11.8 Å². The Kier molecular flexibility index (Phi) is 6.59. The lowest BCUT2D eigenvalue weighted by Crippen LogP contribution is -2.25.